The fraction of sp³-hybridized carbons (Fsp3) is 0.276. The van der Waals surface area contributed by atoms with Gasteiger partial charge in [-0.2, -0.15) is 0 Å². The Hall–Kier alpha value is -3.37. The molecule has 0 radical (unpaired) electrons. The third kappa shape index (κ3) is 3.65. The van der Waals surface area contributed by atoms with Gasteiger partial charge in [0.25, 0.3) is 0 Å². The van der Waals surface area contributed by atoms with Crippen LogP contribution in [-0.2, 0) is 30.0 Å². The molecule has 1 unspecified atom stereocenters. The molecule has 2 aliphatic heterocycles. The molecule has 4 heteroatoms. The predicted molar refractivity (Wildman–Crippen MR) is 127 cm³/mol. The number of hydrogen-bond donors (Lipinski definition) is 0. The topological polar surface area (TPSA) is 38.8 Å². The quantitative estimate of drug-likeness (QED) is 0.531. The second kappa shape index (κ2) is 8.20. The fourth-order valence-corrected chi connectivity index (χ4v) is 5.66. The van der Waals surface area contributed by atoms with E-state index in [1.165, 1.54) is 11.1 Å². The van der Waals surface area contributed by atoms with E-state index in [1.807, 2.05) is 36.4 Å². The van der Waals surface area contributed by atoms with Crippen LogP contribution in [0.1, 0.15) is 35.1 Å². The number of hydrogen-bond acceptors (Lipinski definition) is 4. The van der Waals surface area contributed by atoms with Crippen LogP contribution in [-0.4, -0.2) is 23.3 Å². The van der Waals surface area contributed by atoms with Crippen molar-refractivity contribution in [1.29, 1.82) is 0 Å². The first-order valence-electron chi connectivity index (χ1n) is 11.7. The van der Waals surface area contributed by atoms with Crippen LogP contribution in [0.3, 0.4) is 0 Å². The van der Waals surface area contributed by atoms with Gasteiger partial charge in [-0.05, 0) is 46.9 Å². The van der Waals surface area contributed by atoms with E-state index in [2.05, 4.69) is 47.4 Å². The van der Waals surface area contributed by atoms with Gasteiger partial charge in [0.1, 0.15) is 13.2 Å². The van der Waals surface area contributed by atoms with Gasteiger partial charge in [0.2, 0.25) is 0 Å². The maximum atomic E-state index is 12.2. The summed E-state index contributed by atoms with van der Waals surface area (Å²) in [5, 5.41) is 0. The average Bonchev–Trinajstić information content (AvgIpc) is 3.13. The van der Waals surface area contributed by atoms with Crippen molar-refractivity contribution in [2.45, 2.75) is 44.1 Å². The van der Waals surface area contributed by atoms with Crippen LogP contribution in [0.5, 0.6) is 11.5 Å². The molecule has 166 valence electrons. The Labute approximate surface area is 194 Å². The third-order valence-electron chi connectivity index (χ3n) is 7.33. The van der Waals surface area contributed by atoms with E-state index in [-0.39, 0.29) is 17.2 Å². The molecule has 3 aromatic carbocycles. The summed E-state index contributed by atoms with van der Waals surface area (Å²) < 4.78 is 12.7. The Morgan fingerprint density at radius 3 is 2.18 bits per heavy atom. The number of rotatable bonds is 6. The Balaban J connectivity index is 1.37. The van der Waals surface area contributed by atoms with Gasteiger partial charge in [0.05, 0.1) is 0 Å². The molecule has 2 bridgehead atoms. The molecular weight excluding hydrogens is 410 g/mol. The standard InChI is InChI=1S/C29H27NO3/c31-24-11-12-29-13-14-30(28(29)16-24)18-23-15-26(32-19-21-7-3-1-4-8-21)27(17-25(23)29)33-20-22-9-5-2-6-10-22/h1-12,15,17,28H,13-14,16,18-20H2/t28-,29-/m0/s1. The van der Waals surface area contributed by atoms with E-state index in [0.717, 1.165) is 42.1 Å². The lowest BCUT2D eigenvalue weighted by Crippen LogP contribution is -2.48. The van der Waals surface area contributed by atoms with Gasteiger partial charge in [0, 0.05) is 31.0 Å². The minimum atomic E-state index is -0.107. The predicted octanol–water partition coefficient (Wildman–Crippen LogP) is 5.20. The molecule has 1 aliphatic carbocycles. The van der Waals surface area contributed by atoms with Gasteiger partial charge in [-0.25, -0.2) is 0 Å². The minimum absolute atomic E-state index is 0.107. The zero-order chi connectivity index (χ0) is 22.3. The molecule has 2 heterocycles. The first-order chi connectivity index (χ1) is 16.2. The van der Waals surface area contributed by atoms with Gasteiger partial charge < -0.3 is 9.47 Å². The van der Waals surface area contributed by atoms with Crippen LogP contribution >= 0.6 is 0 Å². The second-order valence-corrected chi connectivity index (χ2v) is 9.29. The highest BCUT2D eigenvalue weighted by molar-refractivity contribution is 5.92. The van der Waals surface area contributed by atoms with Gasteiger partial charge in [-0.3, -0.25) is 9.69 Å². The summed E-state index contributed by atoms with van der Waals surface area (Å²) in [7, 11) is 0. The number of fused-ring (bicyclic) bond motifs is 1. The van der Waals surface area contributed by atoms with Gasteiger partial charge >= 0.3 is 0 Å². The molecule has 6 rings (SSSR count). The fourth-order valence-electron chi connectivity index (χ4n) is 5.66. The Kier molecular flexibility index (Phi) is 5.03. The number of carbonyl (C=O) groups is 1. The molecule has 0 aromatic heterocycles. The van der Waals surface area contributed by atoms with Crippen molar-refractivity contribution in [3.63, 3.8) is 0 Å². The number of ketones is 1. The van der Waals surface area contributed by atoms with Crippen molar-refractivity contribution in [2.24, 2.45) is 0 Å². The zero-order valence-electron chi connectivity index (χ0n) is 18.6. The minimum Gasteiger partial charge on any atom is -0.485 e. The van der Waals surface area contributed by atoms with E-state index >= 15 is 0 Å². The van der Waals surface area contributed by atoms with Crippen molar-refractivity contribution in [2.75, 3.05) is 6.54 Å². The van der Waals surface area contributed by atoms with Crippen molar-refractivity contribution in [3.8, 4) is 11.5 Å². The third-order valence-corrected chi connectivity index (χ3v) is 7.33. The molecule has 3 aliphatic rings. The molecule has 0 amide bonds. The van der Waals surface area contributed by atoms with E-state index in [1.54, 1.807) is 6.08 Å². The van der Waals surface area contributed by atoms with Crippen molar-refractivity contribution in [3.05, 3.63) is 107 Å². The van der Waals surface area contributed by atoms with Crippen LogP contribution in [0.2, 0.25) is 0 Å². The molecule has 0 spiro atoms. The van der Waals surface area contributed by atoms with Gasteiger partial charge in [0.15, 0.2) is 17.3 Å². The SMILES string of the molecule is O=C1C=C[C@]23CCN(Cc4cc(OCc5ccccc5)c(OCc5ccccc5)cc42)[C@H]3C1. The van der Waals surface area contributed by atoms with Gasteiger partial charge in [-0.1, -0.05) is 66.7 Å². The number of allylic oxidation sites excluding steroid dienone is 1. The maximum Gasteiger partial charge on any atom is 0.162 e. The molecule has 3 atom stereocenters. The summed E-state index contributed by atoms with van der Waals surface area (Å²) in [6, 6.07) is 25.0. The maximum absolute atomic E-state index is 12.2. The molecule has 3 aromatic rings. The van der Waals surface area contributed by atoms with E-state index < -0.39 is 0 Å². The monoisotopic (exact) mass is 437 g/mol. The number of ether oxygens (including phenoxy) is 2. The summed E-state index contributed by atoms with van der Waals surface area (Å²) in [5.74, 6) is 1.78. The number of nitrogens with zero attached hydrogens (tertiary/aromatic N) is 1. The van der Waals surface area contributed by atoms with Crippen molar-refractivity contribution < 1.29 is 14.3 Å². The summed E-state index contributed by atoms with van der Waals surface area (Å²) in [4.78, 5) is 14.7. The van der Waals surface area contributed by atoms with Crippen molar-refractivity contribution >= 4 is 5.78 Å². The lowest BCUT2D eigenvalue weighted by molar-refractivity contribution is -0.116. The molecule has 0 saturated carbocycles. The molecule has 1 fully saturated rings. The van der Waals surface area contributed by atoms with E-state index in [0.29, 0.717) is 19.6 Å². The normalized spacial score (nSPS) is 24.8. The molecular formula is C29H27NO3. The Morgan fingerprint density at radius 1 is 0.879 bits per heavy atom. The summed E-state index contributed by atoms with van der Waals surface area (Å²) in [5.41, 5.74) is 4.71. The summed E-state index contributed by atoms with van der Waals surface area (Å²) in [6.07, 6.45) is 5.59. The largest absolute Gasteiger partial charge is 0.485 e. The molecule has 33 heavy (non-hydrogen) atoms. The van der Waals surface area contributed by atoms with Crippen LogP contribution in [0.25, 0.3) is 0 Å². The first kappa shape index (κ1) is 20.3. The second-order valence-electron chi connectivity index (χ2n) is 9.29. The van der Waals surface area contributed by atoms with Gasteiger partial charge in [-0.15, -0.1) is 0 Å². The molecule has 1 saturated heterocycles. The summed E-state index contributed by atoms with van der Waals surface area (Å²) in [6.45, 7) is 2.84. The lowest BCUT2D eigenvalue weighted by atomic mass is 9.67. The molecule has 0 N–H and O–H groups in total. The van der Waals surface area contributed by atoms with Crippen LogP contribution in [0, 0.1) is 0 Å². The Bertz CT molecular complexity index is 1200. The number of carbonyl (C=O) groups excluding carboxylic acids is 1. The van der Waals surface area contributed by atoms with E-state index in [4.69, 9.17) is 9.47 Å². The first-order valence-corrected chi connectivity index (χ1v) is 11.7. The zero-order valence-corrected chi connectivity index (χ0v) is 18.6. The van der Waals surface area contributed by atoms with Crippen LogP contribution in [0.15, 0.2) is 84.9 Å². The lowest BCUT2D eigenvalue weighted by Gasteiger charge is -2.44. The smallest absolute Gasteiger partial charge is 0.162 e. The molecule has 4 nitrogen and oxygen atoms in total. The van der Waals surface area contributed by atoms with Crippen LogP contribution < -0.4 is 9.47 Å². The van der Waals surface area contributed by atoms with Crippen LogP contribution in [0.4, 0.5) is 0 Å². The average molecular weight is 438 g/mol. The summed E-state index contributed by atoms with van der Waals surface area (Å²) >= 11 is 0. The highest BCUT2D eigenvalue weighted by atomic mass is 16.5. The number of benzene rings is 3. The Morgan fingerprint density at radius 2 is 1.52 bits per heavy atom. The van der Waals surface area contributed by atoms with E-state index in [9.17, 15) is 4.79 Å². The highest BCUT2D eigenvalue weighted by Crippen LogP contribution is 2.52. The highest BCUT2D eigenvalue weighted by Gasteiger charge is 2.53. The van der Waals surface area contributed by atoms with Crippen molar-refractivity contribution in [1.82, 2.24) is 4.90 Å².